The van der Waals surface area contributed by atoms with Crippen molar-refractivity contribution in [2.45, 2.75) is 24.5 Å². The maximum absolute atomic E-state index is 11.2. The van der Waals surface area contributed by atoms with Crippen LogP contribution in [-0.4, -0.2) is 40.6 Å². The van der Waals surface area contributed by atoms with Gasteiger partial charge < -0.3 is 19.8 Å². The largest absolute Gasteiger partial charge is 0.493 e. The van der Waals surface area contributed by atoms with Gasteiger partial charge in [0.2, 0.25) is 5.91 Å². The molecule has 2 aromatic carbocycles. The SMILES string of the molecule is COc1ccc(CCn2c(Cc3ccccc3)nnc2SCC(N)=O)cc1OC. The average Bonchev–Trinajstić information content (AvgIpc) is 3.12. The van der Waals surface area contributed by atoms with Crippen LogP contribution in [0, 0.1) is 0 Å². The smallest absolute Gasteiger partial charge is 0.227 e. The predicted molar refractivity (Wildman–Crippen MR) is 112 cm³/mol. The van der Waals surface area contributed by atoms with Gasteiger partial charge in [-0.3, -0.25) is 4.79 Å². The Labute approximate surface area is 174 Å². The summed E-state index contributed by atoms with van der Waals surface area (Å²) in [4.78, 5) is 11.2. The molecule has 1 aromatic heterocycles. The summed E-state index contributed by atoms with van der Waals surface area (Å²) in [5, 5.41) is 9.33. The summed E-state index contributed by atoms with van der Waals surface area (Å²) in [5.74, 6) is 2.03. The molecule has 0 spiro atoms. The molecule has 8 heteroatoms. The lowest BCUT2D eigenvalue weighted by Crippen LogP contribution is -2.14. The van der Waals surface area contributed by atoms with E-state index in [2.05, 4.69) is 26.9 Å². The highest BCUT2D eigenvalue weighted by Crippen LogP contribution is 2.28. The zero-order chi connectivity index (χ0) is 20.6. The normalized spacial score (nSPS) is 10.7. The Hall–Kier alpha value is -3.00. The minimum Gasteiger partial charge on any atom is -0.493 e. The number of nitrogens with zero attached hydrogens (tertiary/aromatic N) is 3. The summed E-state index contributed by atoms with van der Waals surface area (Å²) in [7, 11) is 3.24. The maximum atomic E-state index is 11.2. The average molecular weight is 413 g/mol. The summed E-state index contributed by atoms with van der Waals surface area (Å²) < 4.78 is 12.7. The molecular formula is C21H24N4O3S. The fourth-order valence-electron chi connectivity index (χ4n) is 2.97. The van der Waals surface area contributed by atoms with Crippen LogP contribution in [0.25, 0.3) is 0 Å². The van der Waals surface area contributed by atoms with E-state index in [9.17, 15) is 4.79 Å². The van der Waals surface area contributed by atoms with Gasteiger partial charge in [-0.05, 0) is 29.7 Å². The number of rotatable bonds is 10. The van der Waals surface area contributed by atoms with E-state index < -0.39 is 0 Å². The number of primary amides is 1. The second-order valence-electron chi connectivity index (χ2n) is 6.41. The number of carbonyl (C=O) groups is 1. The molecule has 3 aromatic rings. The van der Waals surface area contributed by atoms with Crippen LogP contribution in [0.5, 0.6) is 11.5 Å². The van der Waals surface area contributed by atoms with E-state index in [1.165, 1.54) is 11.8 Å². The maximum Gasteiger partial charge on any atom is 0.227 e. The lowest BCUT2D eigenvalue weighted by atomic mass is 10.1. The van der Waals surface area contributed by atoms with Crippen molar-refractivity contribution in [3.8, 4) is 11.5 Å². The molecule has 0 unspecified atom stereocenters. The fourth-order valence-corrected chi connectivity index (χ4v) is 3.69. The quantitative estimate of drug-likeness (QED) is 0.515. The van der Waals surface area contributed by atoms with Crippen LogP contribution in [0.2, 0.25) is 0 Å². The van der Waals surface area contributed by atoms with Gasteiger partial charge in [0.15, 0.2) is 16.7 Å². The number of aryl methyl sites for hydroxylation is 1. The molecule has 0 saturated carbocycles. The van der Waals surface area contributed by atoms with Gasteiger partial charge in [-0.2, -0.15) is 0 Å². The van der Waals surface area contributed by atoms with E-state index in [1.54, 1.807) is 14.2 Å². The third-order valence-electron chi connectivity index (χ3n) is 4.41. The third-order valence-corrected chi connectivity index (χ3v) is 5.40. The van der Waals surface area contributed by atoms with Gasteiger partial charge in [0, 0.05) is 13.0 Å². The molecule has 0 saturated heterocycles. The number of benzene rings is 2. The molecule has 0 aliphatic rings. The van der Waals surface area contributed by atoms with Gasteiger partial charge in [-0.25, -0.2) is 0 Å². The topological polar surface area (TPSA) is 92.3 Å². The van der Waals surface area contributed by atoms with Gasteiger partial charge >= 0.3 is 0 Å². The van der Waals surface area contributed by atoms with Crippen LogP contribution in [0.3, 0.4) is 0 Å². The van der Waals surface area contributed by atoms with E-state index in [4.69, 9.17) is 15.2 Å². The molecule has 3 rings (SSSR count). The third kappa shape index (κ3) is 5.51. The summed E-state index contributed by atoms with van der Waals surface area (Å²) in [5.41, 5.74) is 7.56. The van der Waals surface area contributed by atoms with Crippen molar-refractivity contribution in [1.29, 1.82) is 0 Å². The first-order chi connectivity index (χ1) is 14.1. The molecule has 2 N–H and O–H groups in total. The lowest BCUT2D eigenvalue weighted by Gasteiger charge is -2.12. The van der Waals surface area contributed by atoms with E-state index in [-0.39, 0.29) is 11.7 Å². The molecule has 1 heterocycles. The van der Waals surface area contributed by atoms with Gasteiger partial charge in [0.25, 0.3) is 0 Å². The van der Waals surface area contributed by atoms with Crippen molar-refractivity contribution in [3.05, 3.63) is 65.5 Å². The highest BCUT2D eigenvalue weighted by Gasteiger charge is 2.15. The Balaban J connectivity index is 1.81. The Morgan fingerprint density at radius 3 is 2.48 bits per heavy atom. The molecule has 0 radical (unpaired) electrons. The number of nitrogens with two attached hydrogens (primary N) is 1. The second-order valence-corrected chi connectivity index (χ2v) is 7.35. The van der Waals surface area contributed by atoms with Crippen LogP contribution in [0.1, 0.15) is 17.0 Å². The van der Waals surface area contributed by atoms with E-state index in [0.29, 0.717) is 29.6 Å². The van der Waals surface area contributed by atoms with Crippen LogP contribution in [0.15, 0.2) is 53.7 Å². The van der Waals surface area contributed by atoms with Crippen molar-refractivity contribution in [1.82, 2.24) is 14.8 Å². The zero-order valence-corrected chi connectivity index (χ0v) is 17.3. The Morgan fingerprint density at radius 1 is 1.03 bits per heavy atom. The molecule has 0 aliphatic heterocycles. The highest BCUT2D eigenvalue weighted by molar-refractivity contribution is 7.99. The van der Waals surface area contributed by atoms with Crippen molar-refractivity contribution >= 4 is 17.7 Å². The Kier molecular flexibility index (Phi) is 7.13. The number of hydrogen-bond donors (Lipinski definition) is 1. The fraction of sp³-hybridized carbons (Fsp3) is 0.286. The molecular weight excluding hydrogens is 388 g/mol. The number of amides is 1. The van der Waals surface area contributed by atoms with Crippen LogP contribution in [0.4, 0.5) is 0 Å². The van der Waals surface area contributed by atoms with Crippen molar-refractivity contribution in [2.75, 3.05) is 20.0 Å². The number of hydrogen-bond acceptors (Lipinski definition) is 6. The van der Waals surface area contributed by atoms with Gasteiger partial charge in [0.1, 0.15) is 5.82 Å². The molecule has 0 fully saturated rings. The number of methoxy groups -OCH3 is 2. The van der Waals surface area contributed by atoms with Crippen LogP contribution in [-0.2, 0) is 24.2 Å². The van der Waals surface area contributed by atoms with Gasteiger partial charge in [-0.1, -0.05) is 48.2 Å². The van der Waals surface area contributed by atoms with E-state index in [0.717, 1.165) is 23.4 Å². The minimum absolute atomic E-state index is 0.166. The van der Waals surface area contributed by atoms with Crippen LogP contribution < -0.4 is 15.2 Å². The number of aromatic nitrogens is 3. The van der Waals surface area contributed by atoms with Crippen molar-refractivity contribution in [3.63, 3.8) is 0 Å². The first-order valence-electron chi connectivity index (χ1n) is 9.18. The monoisotopic (exact) mass is 412 g/mol. The molecule has 7 nitrogen and oxygen atoms in total. The first-order valence-corrected chi connectivity index (χ1v) is 10.2. The number of carbonyl (C=O) groups excluding carboxylic acids is 1. The van der Waals surface area contributed by atoms with Crippen LogP contribution >= 0.6 is 11.8 Å². The highest BCUT2D eigenvalue weighted by atomic mass is 32.2. The number of thioether (sulfide) groups is 1. The Bertz CT molecular complexity index is 960. The van der Waals surface area contributed by atoms with Gasteiger partial charge in [-0.15, -0.1) is 10.2 Å². The number of ether oxygens (including phenoxy) is 2. The minimum atomic E-state index is -0.381. The van der Waals surface area contributed by atoms with Gasteiger partial charge in [0.05, 0.1) is 20.0 Å². The zero-order valence-electron chi connectivity index (χ0n) is 16.5. The molecule has 0 aliphatic carbocycles. The predicted octanol–water partition coefficient (Wildman–Crippen LogP) is 2.71. The summed E-state index contributed by atoms with van der Waals surface area (Å²) in [6.45, 7) is 0.672. The second kappa shape index (κ2) is 9.97. The Morgan fingerprint density at radius 2 is 1.79 bits per heavy atom. The van der Waals surface area contributed by atoms with E-state index in [1.807, 2.05) is 36.4 Å². The molecule has 152 valence electrons. The first kappa shape index (κ1) is 20.7. The summed E-state index contributed by atoms with van der Waals surface area (Å²) >= 11 is 1.31. The molecule has 29 heavy (non-hydrogen) atoms. The van der Waals surface area contributed by atoms with Crippen molar-refractivity contribution < 1.29 is 14.3 Å². The van der Waals surface area contributed by atoms with E-state index >= 15 is 0 Å². The lowest BCUT2D eigenvalue weighted by molar-refractivity contribution is -0.115. The standard InChI is InChI=1S/C21H24N4O3S/c1-27-17-9-8-16(12-18(17)28-2)10-11-25-20(13-15-6-4-3-5-7-15)23-24-21(25)29-14-19(22)26/h3-9,12H,10-11,13-14H2,1-2H3,(H2,22,26). The van der Waals surface area contributed by atoms with Crippen molar-refractivity contribution in [2.24, 2.45) is 5.73 Å². The summed E-state index contributed by atoms with van der Waals surface area (Å²) in [6, 6.07) is 16.0. The summed E-state index contributed by atoms with van der Waals surface area (Å²) in [6.07, 6.45) is 1.42. The molecule has 0 atom stereocenters. The molecule has 1 amide bonds. The molecule has 0 bridgehead atoms.